The first-order valence-electron chi connectivity index (χ1n) is 3.36. The van der Waals surface area contributed by atoms with Gasteiger partial charge in [-0.1, -0.05) is 11.6 Å². The second-order valence-corrected chi connectivity index (χ2v) is 4.28. The van der Waals surface area contributed by atoms with Gasteiger partial charge in [0.25, 0.3) is 0 Å². The van der Waals surface area contributed by atoms with E-state index in [4.69, 9.17) is 17.3 Å². The summed E-state index contributed by atoms with van der Waals surface area (Å²) in [5.74, 6) is 0. The molecule has 0 aliphatic heterocycles. The second kappa shape index (κ2) is 3.78. The van der Waals surface area contributed by atoms with Gasteiger partial charge >= 0.3 is 5.51 Å². The third-order valence-electron chi connectivity index (χ3n) is 1.39. The Hall–Kier alpha value is -0.750. The molecule has 0 heterocycles. The summed E-state index contributed by atoms with van der Waals surface area (Å²) < 4.78 is 46.8. The van der Waals surface area contributed by atoms with Crippen molar-refractivity contribution in [3.05, 3.63) is 23.2 Å². The fraction of sp³-hybridized carbons (Fsp3) is 0.143. The summed E-state index contributed by atoms with van der Waals surface area (Å²) in [6.07, 6.45) is 0. The van der Waals surface area contributed by atoms with Crippen LogP contribution in [0.5, 0.6) is 0 Å². The highest BCUT2D eigenvalue weighted by Gasteiger charge is 2.38. The van der Waals surface area contributed by atoms with Crippen LogP contribution in [0.3, 0.4) is 0 Å². The smallest absolute Gasteiger partial charge is 0.397 e. The molecule has 2 nitrogen and oxygen atoms in total. The Bertz CT molecular complexity index is 380. The van der Waals surface area contributed by atoms with Crippen LogP contribution >= 0.6 is 11.6 Å². The minimum absolute atomic E-state index is 0.0261. The molecule has 0 saturated heterocycles. The molecule has 7 heteroatoms. The first-order valence-corrected chi connectivity index (χ1v) is 4.89. The van der Waals surface area contributed by atoms with Crippen molar-refractivity contribution in [2.45, 2.75) is 10.4 Å². The van der Waals surface area contributed by atoms with Gasteiger partial charge in [-0.25, -0.2) is 4.21 Å². The maximum absolute atomic E-state index is 12.0. The van der Waals surface area contributed by atoms with Crippen molar-refractivity contribution in [3.63, 3.8) is 0 Å². The first kappa shape index (κ1) is 11.3. The number of alkyl halides is 3. The van der Waals surface area contributed by atoms with Crippen LogP contribution in [-0.4, -0.2) is 9.72 Å². The van der Waals surface area contributed by atoms with Crippen molar-refractivity contribution in [1.29, 1.82) is 0 Å². The van der Waals surface area contributed by atoms with E-state index in [-0.39, 0.29) is 10.7 Å². The first-order chi connectivity index (χ1) is 6.32. The Kier molecular flexibility index (Phi) is 3.06. The number of hydrogen-bond donors (Lipinski definition) is 1. The van der Waals surface area contributed by atoms with E-state index >= 15 is 0 Å². The van der Waals surface area contributed by atoms with Crippen LogP contribution in [0.1, 0.15) is 0 Å². The summed E-state index contributed by atoms with van der Waals surface area (Å²) in [6.45, 7) is 0. The predicted molar refractivity (Wildman–Crippen MR) is 48.3 cm³/mol. The largest absolute Gasteiger partial charge is 0.475 e. The van der Waals surface area contributed by atoms with E-state index in [1.807, 2.05) is 0 Å². The monoisotopic (exact) mass is 243 g/mol. The lowest BCUT2D eigenvalue weighted by atomic mass is 10.3. The van der Waals surface area contributed by atoms with E-state index in [9.17, 15) is 17.4 Å². The van der Waals surface area contributed by atoms with Crippen LogP contribution in [0.4, 0.5) is 18.9 Å². The van der Waals surface area contributed by atoms with E-state index < -0.39 is 21.2 Å². The molecule has 0 saturated carbocycles. The summed E-state index contributed by atoms with van der Waals surface area (Å²) in [7, 11) is -3.06. The topological polar surface area (TPSA) is 43.1 Å². The highest BCUT2D eigenvalue weighted by atomic mass is 35.5. The number of hydrogen-bond acceptors (Lipinski definition) is 2. The molecule has 0 spiro atoms. The molecule has 0 aliphatic carbocycles. The second-order valence-electron chi connectivity index (χ2n) is 2.40. The van der Waals surface area contributed by atoms with Crippen molar-refractivity contribution >= 4 is 28.1 Å². The molecule has 0 aliphatic rings. The van der Waals surface area contributed by atoms with Crippen molar-refractivity contribution in [2.75, 3.05) is 5.73 Å². The maximum atomic E-state index is 12.0. The molecule has 0 amide bonds. The molecule has 0 radical (unpaired) electrons. The molecule has 78 valence electrons. The Balaban J connectivity index is 3.10. The number of halogens is 4. The van der Waals surface area contributed by atoms with Crippen LogP contribution < -0.4 is 5.73 Å². The van der Waals surface area contributed by atoms with Gasteiger partial charge in [-0.2, -0.15) is 13.2 Å². The molecule has 1 aromatic rings. The molecule has 0 fully saturated rings. The third kappa shape index (κ3) is 2.39. The van der Waals surface area contributed by atoms with E-state index in [2.05, 4.69) is 0 Å². The SMILES string of the molecule is Nc1cc(S(=O)C(F)(F)F)ccc1Cl. The molecule has 0 bridgehead atoms. The van der Waals surface area contributed by atoms with Crippen LogP contribution in [-0.2, 0) is 10.8 Å². The summed E-state index contributed by atoms with van der Waals surface area (Å²) in [6, 6.07) is 3.16. The van der Waals surface area contributed by atoms with Crippen LogP contribution in [0.15, 0.2) is 23.1 Å². The summed E-state index contributed by atoms with van der Waals surface area (Å²) in [5.41, 5.74) is 0.464. The van der Waals surface area contributed by atoms with Gasteiger partial charge in [0.1, 0.15) is 0 Å². The number of nitrogens with two attached hydrogens (primary N) is 1. The highest BCUT2D eigenvalue weighted by molar-refractivity contribution is 7.86. The number of anilines is 1. The van der Waals surface area contributed by atoms with Crippen LogP contribution in [0, 0.1) is 0 Å². The quantitative estimate of drug-likeness (QED) is 0.771. The Morgan fingerprint density at radius 1 is 1.36 bits per heavy atom. The summed E-state index contributed by atoms with van der Waals surface area (Å²) >= 11 is 5.49. The minimum atomic E-state index is -4.78. The van der Waals surface area contributed by atoms with Crippen molar-refractivity contribution < 1.29 is 17.4 Å². The Morgan fingerprint density at radius 3 is 2.36 bits per heavy atom. The summed E-state index contributed by atoms with van der Waals surface area (Å²) in [5, 5.41) is 0.132. The van der Waals surface area contributed by atoms with Crippen molar-refractivity contribution in [3.8, 4) is 0 Å². The van der Waals surface area contributed by atoms with Gasteiger partial charge in [-0.3, -0.25) is 0 Å². The fourth-order valence-corrected chi connectivity index (χ4v) is 1.58. The summed E-state index contributed by atoms with van der Waals surface area (Å²) in [4.78, 5) is -0.403. The lowest BCUT2D eigenvalue weighted by Crippen LogP contribution is -2.16. The molecular formula is C7H5ClF3NOS. The highest BCUT2D eigenvalue weighted by Crippen LogP contribution is 2.29. The molecule has 14 heavy (non-hydrogen) atoms. The average molecular weight is 244 g/mol. The fourth-order valence-electron chi connectivity index (χ4n) is 0.771. The van der Waals surface area contributed by atoms with Crippen molar-refractivity contribution in [2.24, 2.45) is 0 Å². The van der Waals surface area contributed by atoms with Gasteiger partial charge < -0.3 is 5.73 Å². The van der Waals surface area contributed by atoms with Gasteiger partial charge in [0, 0.05) is 0 Å². The molecule has 2 N–H and O–H groups in total. The molecule has 1 aromatic carbocycles. The van der Waals surface area contributed by atoms with Gasteiger partial charge in [-0.15, -0.1) is 0 Å². The average Bonchev–Trinajstić information content (AvgIpc) is 2.07. The molecule has 1 atom stereocenters. The molecule has 0 aromatic heterocycles. The zero-order valence-corrected chi connectivity index (χ0v) is 8.21. The molecule has 1 unspecified atom stereocenters. The van der Waals surface area contributed by atoms with Crippen molar-refractivity contribution in [1.82, 2.24) is 0 Å². The number of rotatable bonds is 1. The zero-order valence-electron chi connectivity index (χ0n) is 6.64. The number of benzene rings is 1. The maximum Gasteiger partial charge on any atom is 0.475 e. The third-order valence-corrected chi connectivity index (χ3v) is 2.84. The van der Waals surface area contributed by atoms with Gasteiger partial charge in [-0.05, 0) is 18.2 Å². The van der Waals surface area contributed by atoms with Gasteiger partial charge in [0.2, 0.25) is 0 Å². The normalized spacial score (nSPS) is 14.0. The molecular weight excluding hydrogens is 239 g/mol. The molecule has 1 rings (SSSR count). The van der Waals surface area contributed by atoms with E-state index in [1.54, 1.807) is 0 Å². The predicted octanol–water partition coefficient (Wildman–Crippen LogP) is 2.55. The van der Waals surface area contributed by atoms with Gasteiger partial charge in [0.05, 0.1) is 15.6 Å². The van der Waals surface area contributed by atoms with Gasteiger partial charge in [0.15, 0.2) is 10.8 Å². The lowest BCUT2D eigenvalue weighted by molar-refractivity contribution is -0.0384. The Morgan fingerprint density at radius 2 is 1.93 bits per heavy atom. The van der Waals surface area contributed by atoms with E-state index in [1.165, 1.54) is 6.07 Å². The lowest BCUT2D eigenvalue weighted by Gasteiger charge is -2.06. The standard InChI is InChI=1S/C7H5ClF3NOS/c8-5-2-1-4(3-6(5)12)14(13)7(9,10)11/h1-3H,12H2. The van der Waals surface area contributed by atoms with Crippen LogP contribution in [0.25, 0.3) is 0 Å². The zero-order chi connectivity index (χ0) is 10.9. The minimum Gasteiger partial charge on any atom is -0.397 e. The number of nitrogen functional groups attached to an aromatic ring is 1. The van der Waals surface area contributed by atoms with Crippen LogP contribution in [0.2, 0.25) is 5.02 Å². The van der Waals surface area contributed by atoms with E-state index in [0.717, 1.165) is 12.1 Å². The van der Waals surface area contributed by atoms with E-state index in [0.29, 0.717) is 0 Å². The Labute approximate surface area is 85.3 Å².